The quantitative estimate of drug-likeness (QED) is 0.660. The summed E-state index contributed by atoms with van der Waals surface area (Å²) < 4.78 is 6.36. The van der Waals surface area contributed by atoms with E-state index in [1.807, 2.05) is 39.0 Å². The Morgan fingerprint density at radius 3 is 2.54 bits per heavy atom. The summed E-state index contributed by atoms with van der Waals surface area (Å²) in [6.45, 7) is 6.04. The fourth-order valence-corrected chi connectivity index (χ4v) is 1.58. The van der Waals surface area contributed by atoms with Gasteiger partial charge in [0, 0.05) is 5.39 Å². The molecule has 2 rings (SSSR count). The molecule has 0 bridgehead atoms. The Morgan fingerprint density at radius 2 is 1.92 bits per heavy atom. The van der Waals surface area contributed by atoms with Gasteiger partial charge in [-0.3, -0.25) is 0 Å². The van der Waals surface area contributed by atoms with Crippen molar-refractivity contribution in [1.29, 1.82) is 0 Å². The van der Waals surface area contributed by atoms with Crippen LogP contribution in [0.1, 0.15) is 19.4 Å². The Labute approximate surface area is 86.9 Å². The molecule has 0 aliphatic carbocycles. The average Bonchev–Trinajstić information content (AvgIpc) is 2.53. The maximum Gasteiger partial charge on any atom is 0.137 e. The molecule has 0 amide bonds. The number of aryl methyl sites for hydroxylation is 1. The van der Waals surface area contributed by atoms with Crippen molar-refractivity contribution in [2.45, 2.75) is 20.8 Å². The van der Waals surface area contributed by atoms with Crippen LogP contribution in [0.3, 0.4) is 0 Å². The second-order valence-electron chi connectivity index (χ2n) is 2.54. The highest BCUT2D eigenvalue weighted by Crippen LogP contribution is 2.27. The molecule has 70 valence electrons. The van der Waals surface area contributed by atoms with Crippen molar-refractivity contribution in [3.05, 3.63) is 34.5 Å². The zero-order valence-electron chi connectivity index (χ0n) is 8.10. The summed E-state index contributed by atoms with van der Waals surface area (Å²) >= 11 is 3.41. The molecule has 0 aliphatic heterocycles. The van der Waals surface area contributed by atoms with Crippen LogP contribution in [0.15, 0.2) is 33.4 Å². The van der Waals surface area contributed by atoms with E-state index in [1.165, 1.54) is 5.56 Å². The number of halogens is 1. The van der Waals surface area contributed by atoms with Crippen LogP contribution in [-0.2, 0) is 0 Å². The van der Waals surface area contributed by atoms with Crippen LogP contribution < -0.4 is 0 Å². The summed E-state index contributed by atoms with van der Waals surface area (Å²) in [5.74, 6) is 0. The first-order valence-electron chi connectivity index (χ1n) is 4.41. The van der Waals surface area contributed by atoms with E-state index in [2.05, 4.69) is 15.9 Å². The van der Waals surface area contributed by atoms with Crippen LogP contribution >= 0.6 is 15.9 Å². The molecule has 2 aromatic rings. The maximum absolute atomic E-state index is 5.33. The lowest BCUT2D eigenvalue weighted by atomic mass is 10.2. The summed E-state index contributed by atoms with van der Waals surface area (Å²) in [4.78, 5) is 0. The number of para-hydroxylation sites is 1. The molecule has 13 heavy (non-hydrogen) atoms. The molecule has 0 unspecified atom stereocenters. The molecule has 0 radical (unpaired) electrons. The van der Waals surface area contributed by atoms with Crippen molar-refractivity contribution in [3.8, 4) is 0 Å². The Bertz CT molecular complexity index is 390. The number of fused-ring (bicyclic) bond motifs is 1. The molecule has 1 heterocycles. The van der Waals surface area contributed by atoms with Crippen molar-refractivity contribution >= 4 is 26.9 Å². The van der Waals surface area contributed by atoms with Crippen molar-refractivity contribution in [1.82, 2.24) is 0 Å². The highest BCUT2D eigenvalue weighted by atomic mass is 79.9. The fourth-order valence-electron chi connectivity index (χ4n) is 1.17. The zero-order valence-corrected chi connectivity index (χ0v) is 9.68. The summed E-state index contributed by atoms with van der Waals surface area (Å²) in [6.07, 6.45) is 1.72. The van der Waals surface area contributed by atoms with Gasteiger partial charge in [-0.25, -0.2) is 0 Å². The second-order valence-corrected chi connectivity index (χ2v) is 3.39. The van der Waals surface area contributed by atoms with Crippen LogP contribution in [0.5, 0.6) is 0 Å². The van der Waals surface area contributed by atoms with Crippen molar-refractivity contribution in [2.24, 2.45) is 0 Å². The van der Waals surface area contributed by atoms with E-state index in [9.17, 15) is 0 Å². The van der Waals surface area contributed by atoms with Gasteiger partial charge in [0.2, 0.25) is 0 Å². The molecular formula is C11H13BrO. The van der Waals surface area contributed by atoms with Gasteiger partial charge < -0.3 is 4.42 Å². The van der Waals surface area contributed by atoms with E-state index in [1.54, 1.807) is 6.26 Å². The summed E-state index contributed by atoms with van der Waals surface area (Å²) in [5.41, 5.74) is 2.15. The number of furan rings is 1. The van der Waals surface area contributed by atoms with E-state index in [-0.39, 0.29) is 0 Å². The van der Waals surface area contributed by atoms with Gasteiger partial charge in [-0.15, -0.1) is 0 Å². The molecule has 1 aromatic heterocycles. The maximum atomic E-state index is 5.33. The van der Waals surface area contributed by atoms with E-state index < -0.39 is 0 Å². The largest absolute Gasteiger partial charge is 0.463 e. The Hall–Kier alpha value is -0.760. The smallest absolute Gasteiger partial charge is 0.137 e. The normalized spacial score (nSPS) is 9.54. The summed E-state index contributed by atoms with van der Waals surface area (Å²) in [7, 11) is 0. The van der Waals surface area contributed by atoms with E-state index in [0.29, 0.717) is 0 Å². The van der Waals surface area contributed by atoms with Crippen molar-refractivity contribution in [3.63, 3.8) is 0 Å². The number of benzene rings is 1. The lowest BCUT2D eigenvalue weighted by Gasteiger charge is -1.91. The van der Waals surface area contributed by atoms with Crippen LogP contribution in [0.25, 0.3) is 11.0 Å². The predicted molar refractivity (Wildman–Crippen MR) is 60.0 cm³/mol. The molecule has 2 heteroatoms. The molecule has 0 N–H and O–H groups in total. The van der Waals surface area contributed by atoms with Gasteiger partial charge in [-0.2, -0.15) is 0 Å². The van der Waals surface area contributed by atoms with Crippen LogP contribution in [0, 0.1) is 6.92 Å². The van der Waals surface area contributed by atoms with Gasteiger partial charge in [0.15, 0.2) is 0 Å². The topological polar surface area (TPSA) is 13.1 Å². The van der Waals surface area contributed by atoms with Gasteiger partial charge in [-0.05, 0) is 34.5 Å². The highest BCUT2D eigenvalue weighted by molar-refractivity contribution is 9.10. The van der Waals surface area contributed by atoms with Crippen LogP contribution in [-0.4, -0.2) is 0 Å². The zero-order chi connectivity index (χ0) is 9.84. The van der Waals surface area contributed by atoms with Crippen LogP contribution in [0.4, 0.5) is 0 Å². The van der Waals surface area contributed by atoms with Crippen molar-refractivity contribution < 1.29 is 4.42 Å². The van der Waals surface area contributed by atoms with Gasteiger partial charge in [0.25, 0.3) is 0 Å². The summed E-state index contributed by atoms with van der Waals surface area (Å²) in [6, 6.07) is 6.10. The third-order valence-corrected chi connectivity index (χ3v) is 2.36. The standard InChI is InChI=1S/C9H7BrO.C2H6/c1-6-3-2-4-7-8(10)5-11-9(6)7;1-2/h2-5H,1H3;1-2H3. The minimum atomic E-state index is 0.972. The minimum Gasteiger partial charge on any atom is -0.463 e. The number of rotatable bonds is 0. The highest BCUT2D eigenvalue weighted by Gasteiger charge is 2.03. The molecule has 0 aliphatic rings. The number of hydrogen-bond acceptors (Lipinski definition) is 1. The summed E-state index contributed by atoms with van der Waals surface area (Å²) in [5, 5.41) is 1.14. The first-order chi connectivity index (χ1) is 6.29. The van der Waals surface area contributed by atoms with Gasteiger partial charge >= 0.3 is 0 Å². The Kier molecular flexibility index (Phi) is 3.55. The van der Waals surface area contributed by atoms with E-state index in [4.69, 9.17) is 4.42 Å². The predicted octanol–water partition coefficient (Wildman–Crippen LogP) is 4.53. The average molecular weight is 241 g/mol. The Morgan fingerprint density at radius 1 is 1.23 bits per heavy atom. The molecule has 1 nitrogen and oxygen atoms in total. The minimum absolute atomic E-state index is 0.972. The molecule has 0 saturated heterocycles. The second kappa shape index (κ2) is 4.47. The van der Waals surface area contributed by atoms with Crippen molar-refractivity contribution in [2.75, 3.05) is 0 Å². The van der Waals surface area contributed by atoms with Gasteiger partial charge in [0.05, 0.1) is 4.47 Å². The van der Waals surface area contributed by atoms with E-state index in [0.717, 1.165) is 15.4 Å². The molecule has 1 aromatic carbocycles. The lowest BCUT2D eigenvalue weighted by Crippen LogP contribution is -1.70. The van der Waals surface area contributed by atoms with Crippen LogP contribution in [0.2, 0.25) is 0 Å². The molecule has 0 fully saturated rings. The molecule has 0 atom stereocenters. The van der Waals surface area contributed by atoms with E-state index >= 15 is 0 Å². The molecule has 0 saturated carbocycles. The first kappa shape index (κ1) is 10.3. The lowest BCUT2D eigenvalue weighted by molar-refractivity contribution is 0.611. The fraction of sp³-hybridized carbons (Fsp3) is 0.273. The monoisotopic (exact) mass is 240 g/mol. The van der Waals surface area contributed by atoms with Gasteiger partial charge in [0.1, 0.15) is 11.8 Å². The van der Waals surface area contributed by atoms with Gasteiger partial charge in [-0.1, -0.05) is 26.0 Å². The third-order valence-electron chi connectivity index (χ3n) is 1.75. The Balaban J connectivity index is 0.000000396. The first-order valence-corrected chi connectivity index (χ1v) is 5.20. The molecule has 0 spiro atoms. The SMILES string of the molecule is CC.Cc1cccc2c(Br)coc12. The third kappa shape index (κ3) is 1.94. The number of hydrogen-bond donors (Lipinski definition) is 0. The molecular weight excluding hydrogens is 228 g/mol.